The molecule has 0 aliphatic carbocycles. The van der Waals surface area contributed by atoms with E-state index in [1.807, 2.05) is 13.8 Å². The number of nitrogens with two attached hydrogens (primary N) is 1. The van der Waals surface area contributed by atoms with Crippen LogP contribution in [0.25, 0.3) is 0 Å². The first kappa shape index (κ1) is 20.9. The van der Waals surface area contributed by atoms with E-state index < -0.39 is 0 Å². The number of allylic oxidation sites excluding steroid dienone is 2. The normalized spacial score (nSPS) is 18.7. The van der Waals surface area contributed by atoms with Crippen LogP contribution in [0.1, 0.15) is 13.8 Å². The third kappa shape index (κ3) is 5.31. The van der Waals surface area contributed by atoms with Crippen LogP contribution in [0.5, 0.6) is 0 Å². The zero-order valence-electron chi connectivity index (χ0n) is 11.9. The molecular weight excluding hydrogens is 329 g/mol. The van der Waals surface area contributed by atoms with E-state index in [1.54, 1.807) is 12.2 Å². The Bertz CT molecular complexity index is 511. The van der Waals surface area contributed by atoms with Crippen molar-refractivity contribution in [3.63, 3.8) is 0 Å². The summed E-state index contributed by atoms with van der Waals surface area (Å²) in [7, 11) is 0. The molecule has 1 radical (unpaired) electrons. The number of nitrogens with zero attached hydrogens (tertiary/aromatic N) is 2. The average molecular weight is 347 g/mol. The molecule has 7 heteroatoms. The first-order valence-electron chi connectivity index (χ1n) is 5.49. The molecular formula is C13H18N6Y-2. The van der Waals surface area contributed by atoms with Gasteiger partial charge < -0.3 is 23.9 Å². The summed E-state index contributed by atoms with van der Waals surface area (Å²) in [5.41, 5.74) is 6.32. The molecule has 0 unspecified atom stereocenters. The van der Waals surface area contributed by atoms with E-state index in [4.69, 9.17) is 16.6 Å². The van der Waals surface area contributed by atoms with Crippen molar-refractivity contribution in [3.05, 3.63) is 42.7 Å². The largest absolute Gasteiger partial charge is 0.382 e. The maximum absolute atomic E-state index is 7.61. The summed E-state index contributed by atoms with van der Waals surface area (Å²) in [6.07, 6.45) is 8.92. The molecule has 0 saturated heterocycles. The van der Waals surface area contributed by atoms with Crippen molar-refractivity contribution in [1.82, 2.24) is 5.32 Å². The van der Waals surface area contributed by atoms with Crippen LogP contribution in [-0.2, 0) is 32.7 Å². The maximum atomic E-state index is 7.61. The Morgan fingerprint density at radius 3 is 2.55 bits per heavy atom. The summed E-state index contributed by atoms with van der Waals surface area (Å²) < 4.78 is 0. The van der Waals surface area contributed by atoms with Gasteiger partial charge in [-0.05, 0) is 6.08 Å². The van der Waals surface area contributed by atoms with Gasteiger partial charge in [0.15, 0.2) is 0 Å². The van der Waals surface area contributed by atoms with E-state index in [2.05, 4.69) is 21.4 Å². The van der Waals surface area contributed by atoms with Gasteiger partial charge in [0, 0.05) is 38.9 Å². The van der Waals surface area contributed by atoms with Gasteiger partial charge in [0.2, 0.25) is 0 Å². The van der Waals surface area contributed by atoms with Gasteiger partial charge in [-0.15, -0.1) is 0 Å². The molecule has 0 saturated carbocycles. The van der Waals surface area contributed by atoms with Crippen LogP contribution in [0.4, 0.5) is 0 Å². The summed E-state index contributed by atoms with van der Waals surface area (Å²) in [6.45, 7) is 4.00. The Hall–Kier alpha value is -1.40. The zero-order chi connectivity index (χ0) is 13.5. The average Bonchev–Trinajstić information content (AvgIpc) is 2.42. The molecule has 0 fully saturated rings. The van der Waals surface area contributed by atoms with E-state index in [0.717, 1.165) is 0 Å². The molecule has 2 heterocycles. The Morgan fingerprint density at radius 2 is 2.00 bits per heavy atom. The number of hydrogen-bond acceptors (Lipinski definition) is 4. The fourth-order valence-corrected chi connectivity index (χ4v) is 1.22. The maximum Gasteiger partial charge on any atom is 0.139 e. The minimum absolute atomic E-state index is 0. The number of amidine groups is 2. The number of aliphatic imine (C=N–C) groups is 2. The van der Waals surface area contributed by atoms with Crippen molar-refractivity contribution in [2.75, 3.05) is 0 Å². The fraction of sp³-hybridized carbons (Fsp3) is 0.154. The topological polar surface area (TPSA) is 110 Å². The van der Waals surface area contributed by atoms with Crippen LogP contribution in [0.2, 0.25) is 0 Å². The number of nitrogens with one attached hydrogen (secondary N) is 3. The first-order valence-corrected chi connectivity index (χ1v) is 5.49. The Balaban J connectivity index is 0. The Kier molecular flexibility index (Phi) is 10.9. The summed E-state index contributed by atoms with van der Waals surface area (Å²) in [4.78, 5) is 7.86. The van der Waals surface area contributed by atoms with Gasteiger partial charge >= 0.3 is 0 Å². The van der Waals surface area contributed by atoms with Crippen LogP contribution in [-0.4, -0.2) is 24.1 Å². The van der Waals surface area contributed by atoms with Gasteiger partial charge in [-0.25, -0.2) is 12.2 Å². The second-order valence-electron chi connectivity index (χ2n) is 3.08. The third-order valence-electron chi connectivity index (χ3n) is 1.99. The summed E-state index contributed by atoms with van der Waals surface area (Å²) in [5, 5.41) is 17.8. The van der Waals surface area contributed by atoms with Crippen LogP contribution in [0, 0.1) is 24.3 Å². The number of rotatable bonds is 1. The Morgan fingerprint density at radius 1 is 1.35 bits per heavy atom. The zero-order valence-corrected chi connectivity index (χ0v) is 14.7. The van der Waals surface area contributed by atoms with E-state index in [1.165, 1.54) is 12.4 Å². The van der Waals surface area contributed by atoms with Crippen LogP contribution >= 0.6 is 0 Å². The van der Waals surface area contributed by atoms with Crippen molar-refractivity contribution in [3.8, 4) is 0 Å². The molecule has 2 aliphatic heterocycles. The molecule has 0 atom stereocenters. The molecule has 0 amide bonds. The second-order valence-corrected chi connectivity index (χ2v) is 3.08. The van der Waals surface area contributed by atoms with Gasteiger partial charge in [-0.1, -0.05) is 25.6 Å². The summed E-state index contributed by atoms with van der Waals surface area (Å²) in [6, 6.07) is 0. The standard InChI is InChI=1S/C10H9N6.C2H6.CH3.Y/c11-8(12)7-3-5-15-10(16-7)6-2-1-4-14-9(6)13;1-2;;/h2-5,13,16H,(H3,11,12);1-2H3;1H3;/q-1;;-1;/b10-6-,13-9?;;;. The Labute approximate surface area is 144 Å². The van der Waals surface area contributed by atoms with Gasteiger partial charge in [-0.3, -0.25) is 15.4 Å². The van der Waals surface area contributed by atoms with Crippen LogP contribution in [0.3, 0.4) is 0 Å². The van der Waals surface area contributed by atoms with Crippen molar-refractivity contribution in [2.45, 2.75) is 13.8 Å². The van der Waals surface area contributed by atoms with Gasteiger partial charge in [0.05, 0.1) is 17.4 Å². The third-order valence-corrected chi connectivity index (χ3v) is 1.99. The first-order chi connectivity index (χ1) is 8.68. The fourth-order valence-electron chi connectivity index (χ4n) is 1.22. The molecule has 20 heavy (non-hydrogen) atoms. The van der Waals surface area contributed by atoms with Crippen molar-refractivity contribution in [2.24, 2.45) is 15.7 Å². The minimum Gasteiger partial charge on any atom is -0.382 e. The molecule has 2 aliphatic rings. The quantitative estimate of drug-likeness (QED) is 0.328. The molecule has 0 aromatic carbocycles. The number of dihydropyridines is 1. The molecule has 0 aromatic rings. The summed E-state index contributed by atoms with van der Waals surface area (Å²) in [5.74, 6) is 0.466. The molecule has 5 N–H and O–H groups in total. The predicted molar refractivity (Wildman–Crippen MR) is 80.4 cm³/mol. The van der Waals surface area contributed by atoms with Gasteiger partial charge in [0.1, 0.15) is 5.84 Å². The number of hydrogen-bond donors (Lipinski definition) is 4. The van der Waals surface area contributed by atoms with Crippen molar-refractivity contribution in [1.29, 1.82) is 10.8 Å². The molecule has 0 bridgehead atoms. The van der Waals surface area contributed by atoms with E-state index in [0.29, 0.717) is 17.1 Å². The molecule has 0 spiro atoms. The van der Waals surface area contributed by atoms with E-state index in [9.17, 15) is 0 Å². The van der Waals surface area contributed by atoms with Crippen LogP contribution < -0.4 is 11.1 Å². The molecule has 105 valence electrons. The molecule has 6 nitrogen and oxygen atoms in total. The summed E-state index contributed by atoms with van der Waals surface area (Å²) >= 11 is 0. The molecule has 2 rings (SSSR count). The second kappa shape index (κ2) is 10.4. The van der Waals surface area contributed by atoms with E-state index in [-0.39, 0.29) is 51.8 Å². The predicted octanol–water partition coefficient (Wildman–Crippen LogP) is 1.59. The van der Waals surface area contributed by atoms with Gasteiger partial charge in [0.25, 0.3) is 0 Å². The smallest absolute Gasteiger partial charge is 0.139 e. The van der Waals surface area contributed by atoms with Crippen molar-refractivity contribution >= 4 is 24.1 Å². The monoisotopic (exact) mass is 347 g/mol. The van der Waals surface area contributed by atoms with Gasteiger partial charge in [-0.2, -0.15) is 0 Å². The van der Waals surface area contributed by atoms with Crippen LogP contribution in [0.15, 0.2) is 39.2 Å². The minimum atomic E-state index is -0.0805. The molecule has 0 aromatic heterocycles. The van der Waals surface area contributed by atoms with Crippen molar-refractivity contribution < 1.29 is 32.7 Å². The van der Waals surface area contributed by atoms with E-state index >= 15 is 0 Å². The SMILES string of the molecule is CC.N=C(N)C1=CC=N/C(=C2\C=[C-]C=NC2=N)N1.[CH3-].[Y].